The molecule has 0 bridgehead atoms. The number of likely N-dealkylation sites (tertiary alicyclic amines) is 1. The molecule has 7 heteroatoms. The summed E-state index contributed by atoms with van der Waals surface area (Å²) in [5, 5.41) is 25.8. The number of rotatable bonds is 5. The molecule has 2 aliphatic carbocycles. The van der Waals surface area contributed by atoms with E-state index in [-0.39, 0.29) is 30.7 Å². The molecule has 2 saturated carbocycles. The molecule has 1 aliphatic heterocycles. The number of amides is 2. The molecule has 2 amide bonds. The Morgan fingerprint density at radius 3 is 2.21 bits per heavy atom. The molecule has 33 heavy (non-hydrogen) atoms. The van der Waals surface area contributed by atoms with Crippen molar-refractivity contribution in [1.29, 1.82) is 0 Å². The smallest absolute Gasteiger partial charge is 0.233 e. The van der Waals surface area contributed by atoms with Gasteiger partial charge in [-0.15, -0.1) is 0 Å². The SMILES string of the molecule is O=C1[C@H]2[C@H]3[C@H](O)[C@H](O)CC(=NOCc4ccccc4)[C@H]3CC[C@H]2C(=O)N1Cc1ccccc1. The minimum atomic E-state index is -1.08. The lowest BCUT2D eigenvalue weighted by molar-refractivity contribution is -0.142. The van der Waals surface area contributed by atoms with E-state index in [4.69, 9.17) is 4.84 Å². The Bertz CT molecular complexity index is 1040. The maximum Gasteiger partial charge on any atom is 0.233 e. The van der Waals surface area contributed by atoms with Crippen molar-refractivity contribution in [2.45, 2.75) is 44.6 Å². The van der Waals surface area contributed by atoms with E-state index in [9.17, 15) is 19.8 Å². The molecule has 0 aromatic heterocycles. The first kappa shape index (κ1) is 21.8. The van der Waals surface area contributed by atoms with Crippen LogP contribution in [0, 0.1) is 23.7 Å². The van der Waals surface area contributed by atoms with Gasteiger partial charge < -0.3 is 15.1 Å². The van der Waals surface area contributed by atoms with Crippen molar-refractivity contribution < 1.29 is 24.6 Å². The molecule has 3 aliphatic rings. The summed E-state index contributed by atoms with van der Waals surface area (Å²) in [6.07, 6.45) is -0.743. The summed E-state index contributed by atoms with van der Waals surface area (Å²) in [6, 6.07) is 19.1. The average molecular weight is 449 g/mol. The minimum Gasteiger partial charge on any atom is -0.391 e. The van der Waals surface area contributed by atoms with Gasteiger partial charge in [0, 0.05) is 18.3 Å². The Morgan fingerprint density at radius 1 is 0.879 bits per heavy atom. The van der Waals surface area contributed by atoms with Gasteiger partial charge in [-0.3, -0.25) is 14.5 Å². The highest BCUT2D eigenvalue weighted by atomic mass is 16.6. The number of carbonyl (C=O) groups excluding carboxylic acids is 2. The van der Waals surface area contributed by atoms with Crippen molar-refractivity contribution in [3.05, 3.63) is 71.8 Å². The van der Waals surface area contributed by atoms with Gasteiger partial charge >= 0.3 is 0 Å². The van der Waals surface area contributed by atoms with E-state index in [2.05, 4.69) is 5.16 Å². The quantitative estimate of drug-likeness (QED) is 0.541. The maximum atomic E-state index is 13.4. The Labute approximate surface area is 192 Å². The number of nitrogens with zero attached hydrogens (tertiary/aromatic N) is 2. The second-order valence-electron chi connectivity index (χ2n) is 9.25. The fourth-order valence-electron chi connectivity index (χ4n) is 5.73. The van der Waals surface area contributed by atoms with Gasteiger partial charge in [-0.05, 0) is 24.0 Å². The maximum absolute atomic E-state index is 13.4. The van der Waals surface area contributed by atoms with Crippen molar-refractivity contribution >= 4 is 17.5 Å². The van der Waals surface area contributed by atoms with Crippen LogP contribution in [0.15, 0.2) is 65.8 Å². The third kappa shape index (κ3) is 4.07. The molecule has 0 spiro atoms. The lowest BCUT2D eigenvalue weighted by atomic mass is 9.60. The topological polar surface area (TPSA) is 99.4 Å². The van der Waals surface area contributed by atoms with E-state index in [1.54, 1.807) is 0 Å². The third-order valence-corrected chi connectivity index (χ3v) is 7.31. The van der Waals surface area contributed by atoms with Gasteiger partial charge in [0.15, 0.2) is 0 Å². The van der Waals surface area contributed by atoms with E-state index in [1.807, 2.05) is 60.7 Å². The van der Waals surface area contributed by atoms with Crippen LogP contribution in [0.1, 0.15) is 30.4 Å². The summed E-state index contributed by atoms with van der Waals surface area (Å²) >= 11 is 0. The number of aliphatic hydroxyl groups is 2. The van der Waals surface area contributed by atoms with Crippen LogP contribution in [0.4, 0.5) is 0 Å². The predicted octanol–water partition coefficient (Wildman–Crippen LogP) is 2.51. The number of oxime groups is 1. The molecule has 3 fully saturated rings. The van der Waals surface area contributed by atoms with Crippen molar-refractivity contribution in [3.8, 4) is 0 Å². The molecule has 2 aromatic carbocycles. The van der Waals surface area contributed by atoms with Crippen molar-refractivity contribution in [1.82, 2.24) is 4.90 Å². The van der Waals surface area contributed by atoms with Crippen LogP contribution in [0.2, 0.25) is 0 Å². The number of carbonyl (C=O) groups is 2. The molecule has 0 radical (unpaired) electrons. The fourth-order valence-corrected chi connectivity index (χ4v) is 5.73. The summed E-state index contributed by atoms with van der Waals surface area (Å²) in [7, 11) is 0. The average Bonchev–Trinajstić information content (AvgIpc) is 3.08. The zero-order valence-corrected chi connectivity index (χ0v) is 18.3. The first-order valence-electron chi connectivity index (χ1n) is 11.5. The van der Waals surface area contributed by atoms with Crippen LogP contribution < -0.4 is 0 Å². The molecule has 1 saturated heterocycles. The largest absolute Gasteiger partial charge is 0.391 e. The molecular weight excluding hydrogens is 420 g/mol. The van der Waals surface area contributed by atoms with Gasteiger partial charge in [0.05, 0.1) is 36.3 Å². The summed E-state index contributed by atoms with van der Waals surface area (Å²) in [5.74, 6) is -2.31. The van der Waals surface area contributed by atoms with Gasteiger partial charge in [-0.2, -0.15) is 0 Å². The molecule has 5 rings (SSSR count). The number of hydrogen-bond donors (Lipinski definition) is 2. The zero-order valence-electron chi connectivity index (χ0n) is 18.3. The summed E-state index contributed by atoms with van der Waals surface area (Å²) in [5.41, 5.74) is 2.52. The van der Waals surface area contributed by atoms with Crippen LogP contribution in [-0.4, -0.2) is 44.8 Å². The van der Waals surface area contributed by atoms with Gasteiger partial charge in [-0.25, -0.2) is 0 Å². The molecule has 7 nitrogen and oxygen atoms in total. The van der Waals surface area contributed by atoms with E-state index >= 15 is 0 Å². The molecule has 172 valence electrons. The van der Waals surface area contributed by atoms with Crippen molar-refractivity contribution in [2.24, 2.45) is 28.8 Å². The number of aliphatic hydroxyl groups excluding tert-OH is 2. The van der Waals surface area contributed by atoms with E-state index in [0.717, 1.165) is 11.1 Å². The van der Waals surface area contributed by atoms with Crippen molar-refractivity contribution in [2.75, 3.05) is 0 Å². The second kappa shape index (κ2) is 9.08. The van der Waals surface area contributed by atoms with Gasteiger partial charge in [-0.1, -0.05) is 65.8 Å². The van der Waals surface area contributed by atoms with Gasteiger partial charge in [0.2, 0.25) is 11.8 Å². The first-order chi connectivity index (χ1) is 16.0. The summed E-state index contributed by atoms with van der Waals surface area (Å²) in [4.78, 5) is 33.4. The fraction of sp³-hybridized carbons (Fsp3) is 0.423. The van der Waals surface area contributed by atoms with Crippen LogP contribution in [0.25, 0.3) is 0 Å². The molecule has 0 unspecified atom stereocenters. The monoisotopic (exact) mass is 448 g/mol. The van der Waals surface area contributed by atoms with Crippen LogP contribution in [0.3, 0.4) is 0 Å². The minimum absolute atomic E-state index is 0.182. The Hall–Kier alpha value is -3.03. The first-order valence-corrected chi connectivity index (χ1v) is 11.5. The highest BCUT2D eigenvalue weighted by Gasteiger charge is 2.59. The Balaban J connectivity index is 1.37. The number of benzene rings is 2. The van der Waals surface area contributed by atoms with Crippen LogP contribution in [0.5, 0.6) is 0 Å². The van der Waals surface area contributed by atoms with Gasteiger partial charge in [0.25, 0.3) is 0 Å². The molecule has 2 aromatic rings. The zero-order chi connectivity index (χ0) is 22.9. The lowest BCUT2D eigenvalue weighted by Crippen LogP contribution is -2.54. The highest BCUT2D eigenvalue weighted by molar-refractivity contribution is 6.06. The van der Waals surface area contributed by atoms with Crippen molar-refractivity contribution in [3.63, 3.8) is 0 Å². The molecule has 6 atom stereocenters. The molecule has 2 N–H and O–H groups in total. The predicted molar refractivity (Wildman–Crippen MR) is 120 cm³/mol. The van der Waals surface area contributed by atoms with Crippen LogP contribution >= 0.6 is 0 Å². The Morgan fingerprint density at radius 2 is 1.52 bits per heavy atom. The molecular formula is C26H28N2O5. The third-order valence-electron chi connectivity index (χ3n) is 7.31. The van der Waals surface area contributed by atoms with E-state index < -0.39 is 30.0 Å². The number of imide groups is 1. The number of hydrogen-bond acceptors (Lipinski definition) is 6. The molecule has 1 heterocycles. The standard InChI is InChI=1S/C26H28N2O5/c29-21-13-20(27-33-15-17-9-5-2-6-10-17)18-11-12-19-23(22(18)24(21)30)26(32)28(25(19)31)14-16-7-3-1-4-8-16/h1-10,18-19,21-24,29-30H,11-15H2/t18-,19-,21-,22+,23-,24-/m1/s1. The van der Waals surface area contributed by atoms with Crippen LogP contribution in [-0.2, 0) is 27.6 Å². The highest BCUT2D eigenvalue weighted by Crippen LogP contribution is 2.49. The second-order valence-corrected chi connectivity index (χ2v) is 9.25. The summed E-state index contributed by atoms with van der Waals surface area (Å²) < 4.78 is 0. The van der Waals surface area contributed by atoms with E-state index in [1.165, 1.54) is 4.90 Å². The summed E-state index contributed by atoms with van der Waals surface area (Å²) in [6.45, 7) is 0.525. The van der Waals surface area contributed by atoms with E-state index in [0.29, 0.717) is 25.2 Å². The lowest BCUT2D eigenvalue weighted by Gasteiger charge is -2.45. The van der Waals surface area contributed by atoms with Gasteiger partial charge in [0.1, 0.15) is 6.61 Å². The Kier molecular flexibility index (Phi) is 6.00. The normalized spacial score (nSPS) is 32.5. The number of fused-ring (bicyclic) bond motifs is 3.